The van der Waals surface area contributed by atoms with Crippen molar-refractivity contribution in [1.29, 1.82) is 0 Å². The molecule has 0 spiro atoms. The van der Waals surface area contributed by atoms with Gasteiger partial charge in [-0.25, -0.2) is 5.90 Å². The molecule has 1 aromatic rings. The highest BCUT2D eigenvalue weighted by Crippen LogP contribution is 1.98. The van der Waals surface area contributed by atoms with Crippen LogP contribution in [-0.4, -0.2) is 4.57 Å². The molecule has 3 nitrogen and oxygen atoms in total. The van der Waals surface area contributed by atoms with E-state index in [1.165, 1.54) is 0 Å². The molecule has 1 rings (SSSR count). The van der Waals surface area contributed by atoms with Gasteiger partial charge in [-0.2, -0.15) is 0 Å². The molecular formula is C6H10N2O. The number of nitrogens with zero attached hydrogens (tertiary/aromatic N) is 1. The number of hydrogen-bond acceptors (Lipinski definition) is 2. The van der Waals surface area contributed by atoms with Gasteiger partial charge in [-0.05, 0) is 12.1 Å². The SMILES string of the molecule is Cn1cccc1CON. The Balaban J connectivity index is 2.69. The number of nitrogens with two attached hydrogens (primary N) is 1. The van der Waals surface area contributed by atoms with Crippen molar-refractivity contribution < 1.29 is 4.84 Å². The molecule has 0 saturated heterocycles. The molecule has 0 aliphatic heterocycles. The lowest BCUT2D eigenvalue weighted by Gasteiger charge is -1.98. The standard InChI is InChI=1S/C6H10N2O/c1-8-4-2-3-6(8)5-9-7/h2-4H,5,7H2,1H3. The lowest BCUT2D eigenvalue weighted by molar-refractivity contribution is 0.119. The Hall–Kier alpha value is -0.800. The minimum absolute atomic E-state index is 0.476. The van der Waals surface area contributed by atoms with Gasteiger partial charge >= 0.3 is 0 Å². The van der Waals surface area contributed by atoms with Crippen LogP contribution in [0.3, 0.4) is 0 Å². The molecule has 0 aliphatic rings. The molecule has 2 N–H and O–H groups in total. The van der Waals surface area contributed by atoms with Crippen molar-refractivity contribution >= 4 is 0 Å². The first-order valence-corrected chi connectivity index (χ1v) is 2.76. The third-order valence-corrected chi connectivity index (χ3v) is 1.28. The molecular weight excluding hydrogens is 116 g/mol. The van der Waals surface area contributed by atoms with Crippen molar-refractivity contribution in [2.45, 2.75) is 6.61 Å². The van der Waals surface area contributed by atoms with E-state index < -0.39 is 0 Å². The van der Waals surface area contributed by atoms with Gasteiger partial charge in [0.1, 0.15) is 6.61 Å². The first kappa shape index (κ1) is 6.32. The molecule has 0 unspecified atom stereocenters. The quantitative estimate of drug-likeness (QED) is 0.583. The summed E-state index contributed by atoms with van der Waals surface area (Å²) < 4.78 is 1.97. The van der Waals surface area contributed by atoms with E-state index in [2.05, 4.69) is 4.84 Å². The molecule has 0 bridgehead atoms. The second-order valence-corrected chi connectivity index (χ2v) is 1.92. The summed E-state index contributed by atoms with van der Waals surface area (Å²) in [5.41, 5.74) is 1.08. The van der Waals surface area contributed by atoms with E-state index in [0.29, 0.717) is 6.61 Å². The molecule has 0 aliphatic carbocycles. The van der Waals surface area contributed by atoms with Gasteiger partial charge in [0.15, 0.2) is 0 Å². The second kappa shape index (κ2) is 2.66. The summed E-state index contributed by atoms with van der Waals surface area (Å²) in [6, 6.07) is 3.92. The Morgan fingerprint density at radius 2 is 2.56 bits per heavy atom. The predicted molar refractivity (Wildman–Crippen MR) is 34.4 cm³/mol. The van der Waals surface area contributed by atoms with Crippen LogP contribution in [-0.2, 0) is 18.5 Å². The zero-order valence-corrected chi connectivity index (χ0v) is 5.37. The normalized spacial score (nSPS) is 10.0. The van der Waals surface area contributed by atoms with Crippen molar-refractivity contribution in [3.05, 3.63) is 24.0 Å². The van der Waals surface area contributed by atoms with E-state index in [0.717, 1.165) is 5.69 Å². The van der Waals surface area contributed by atoms with E-state index in [1.807, 2.05) is 29.9 Å². The maximum Gasteiger partial charge on any atom is 0.108 e. The van der Waals surface area contributed by atoms with Crippen LogP contribution >= 0.6 is 0 Å². The summed E-state index contributed by atoms with van der Waals surface area (Å²) in [7, 11) is 1.95. The molecule has 0 saturated carbocycles. The number of rotatable bonds is 2. The Labute approximate surface area is 54.0 Å². The van der Waals surface area contributed by atoms with Gasteiger partial charge in [0.2, 0.25) is 0 Å². The monoisotopic (exact) mass is 126 g/mol. The maximum atomic E-state index is 4.88. The van der Waals surface area contributed by atoms with Gasteiger partial charge < -0.3 is 4.57 Å². The predicted octanol–water partition coefficient (Wildman–Crippen LogP) is 0.415. The Bertz CT molecular complexity index is 183. The topological polar surface area (TPSA) is 40.2 Å². The summed E-state index contributed by atoms with van der Waals surface area (Å²) >= 11 is 0. The minimum atomic E-state index is 0.476. The Kier molecular flexibility index (Phi) is 1.87. The third-order valence-electron chi connectivity index (χ3n) is 1.28. The van der Waals surface area contributed by atoms with E-state index in [9.17, 15) is 0 Å². The van der Waals surface area contributed by atoms with Crippen molar-refractivity contribution in [2.24, 2.45) is 12.9 Å². The van der Waals surface area contributed by atoms with Crippen molar-refractivity contribution in [2.75, 3.05) is 0 Å². The summed E-state index contributed by atoms with van der Waals surface area (Å²) in [5.74, 6) is 4.88. The van der Waals surface area contributed by atoms with Crippen LogP contribution in [0.5, 0.6) is 0 Å². The summed E-state index contributed by atoms with van der Waals surface area (Å²) in [5, 5.41) is 0. The van der Waals surface area contributed by atoms with Crippen LogP contribution in [0.1, 0.15) is 5.69 Å². The molecule has 3 heteroatoms. The largest absolute Gasteiger partial charge is 0.352 e. The van der Waals surface area contributed by atoms with E-state index >= 15 is 0 Å². The van der Waals surface area contributed by atoms with Gasteiger partial charge in [0.05, 0.1) is 0 Å². The average molecular weight is 126 g/mol. The van der Waals surface area contributed by atoms with Crippen LogP contribution in [0, 0.1) is 0 Å². The van der Waals surface area contributed by atoms with Gasteiger partial charge in [0.25, 0.3) is 0 Å². The lowest BCUT2D eigenvalue weighted by atomic mass is 10.5. The highest BCUT2D eigenvalue weighted by atomic mass is 16.6. The average Bonchev–Trinajstić information content (AvgIpc) is 2.18. The van der Waals surface area contributed by atoms with E-state index in [-0.39, 0.29) is 0 Å². The van der Waals surface area contributed by atoms with Crippen LogP contribution in [0.2, 0.25) is 0 Å². The van der Waals surface area contributed by atoms with Crippen molar-refractivity contribution in [3.8, 4) is 0 Å². The molecule has 0 radical (unpaired) electrons. The first-order valence-electron chi connectivity index (χ1n) is 2.76. The fraction of sp³-hybridized carbons (Fsp3) is 0.333. The fourth-order valence-corrected chi connectivity index (χ4v) is 0.732. The fourth-order valence-electron chi connectivity index (χ4n) is 0.732. The van der Waals surface area contributed by atoms with Crippen molar-refractivity contribution in [3.63, 3.8) is 0 Å². The number of hydrogen-bond donors (Lipinski definition) is 1. The molecule has 1 heterocycles. The van der Waals surface area contributed by atoms with E-state index in [4.69, 9.17) is 5.90 Å². The van der Waals surface area contributed by atoms with Crippen LogP contribution in [0.4, 0.5) is 0 Å². The second-order valence-electron chi connectivity index (χ2n) is 1.92. The van der Waals surface area contributed by atoms with Crippen LogP contribution in [0.15, 0.2) is 18.3 Å². The number of aromatic nitrogens is 1. The third kappa shape index (κ3) is 1.31. The Morgan fingerprint density at radius 1 is 1.78 bits per heavy atom. The highest BCUT2D eigenvalue weighted by Gasteiger charge is 1.92. The van der Waals surface area contributed by atoms with Gasteiger partial charge in [-0.15, -0.1) is 0 Å². The van der Waals surface area contributed by atoms with Crippen molar-refractivity contribution in [1.82, 2.24) is 4.57 Å². The molecule has 1 aromatic heterocycles. The van der Waals surface area contributed by atoms with Crippen LogP contribution < -0.4 is 5.90 Å². The zero-order valence-electron chi connectivity index (χ0n) is 5.37. The first-order chi connectivity index (χ1) is 4.34. The molecule has 0 atom stereocenters. The van der Waals surface area contributed by atoms with Gasteiger partial charge in [-0.1, -0.05) is 0 Å². The summed E-state index contributed by atoms with van der Waals surface area (Å²) in [6.45, 7) is 0.476. The Morgan fingerprint density at radius 3 is 3.00 bits per heavy atom. The maximum absolute atomic E-state index is 4.88. The van der Waals surface area contributed by atoms with Crippen LogP contribution in [0.25, 0.3) is 0 Å². The minimum Gasteiger partial charge on any atom is -0.352 e. The smallest absolute Gasteiger partial charge is 0.108 e. The van der Waals surface area contributed by atoms with Gasteiger partial charge in [-0.3, -0.25) is 4.84 Å². The summed E-state index contributed by atoms with van der Waals surface area (Å²) in [4.78, 5) is 4.45. The molecule has 0 aromatic carbocycles. The summed E-state index contributed by atoms with van der Waals surface area (Å²) in [6.07, 6.45) is 1.95. The molecule has 0 amide bonds. The zero-order chi connectivity index (χ0) is 6.69. The van der Waals surface area contributed by atoms with E-state index in [1.54, 1.807) is 0 Å². The molecule has 9 heavy (non-hydrogen) atoms. The molecule has 0 fully saturated rings. The lowest BCUT2D eigenvalue weighted by Crippen LogP contribution is -2.02. The highest BCUT2D eigenvalue weighted by molar-refractivity contribution is 5.04. The number of aryl methyl sites for hydroxylation is 1. The molecule has 50 valence electrons. The van der Waals surface area contributed by atoms with Gasteiger partial charge in [0, 0.05) is 18.9 Å².